The van der Waals surface area contributed by atoms with Gasteiger partial charge in [-0.05, 0) is 52.0 Å². The van der Waals surface area contributed by atoms with Crippen LogP contribution in [0.4, 0.5) is 0 Å². The van der Waals surface area contributed by atoms with Crippen LogP contribution in [-0.4, -0.2) is 23.5 Å². The second-order valence-electron chi connectivity index (χ2n) is 8.46. The van der Waals surface area contributed by atoms with Gasteiger partial charge in [0.15, 0.2) is 5.76 Å². The van der Waals surface area contributed by atoms with Gasteiger partial charge in [-0.25, -0.2) is 0 Å². The Balaban J connectivity index is 2.05. The molecule has 0 saturated heterocycles. The molecule has 29 heavy (non-hydrogen) atoms. The summed E-state index contributed by atoms with van der Waals surface area (Å²) < 4.78 is 5.64. The van der Waals surface area contributed by atoms with Crippen LogP contribution in [0.25, 0.3) is 0 Å². The molecule has 1 atom stereocenters. The number of hydrogen-bond acceptors (Lipinski definition) is 4. The van der Waals surface area contributed by atoms with Crippen molar-refractivity contribution in [1.82, 2.24) is 0 Å². The number of aliphatic hydroxyl groups excluding tert-OH is 1. The first-order chi connectivity index (χ1) is 13.9. The molecule has 2 aliphatic carbocycles. The fourth-order valence-electron chi connectivity index (χ4n) is 4.05. The summed E-state index contributed by atoms with van der Waals surface area (Å²) in [7, 11) is 0. The Hall–Kier alpha value is -2.10. The number of rotatable bonds is 11. The first-order valence-corrected chi connectivity index (χ1v) is 11.1. The molecule has 0 aliphatic heterocycles. The zero-order valence-corrected chi connectivity index (χ0v) is 18.3. The molecule has 0 bridgehead atoms. The van der Waals surface area contributed by atoms with E-state index in [2.05, 4.69) is 32.9 Å². The summed E-state index contributed by atoms with van der Waals surface area (Å²) in [5.41, 5.74) is 1.91. The monoisotopic (exact) mass is 400 g/mol. The summed E-state index contributed by atoms with van der Waals surface area (Å²) >= 11 is 0. The van der Waals surface area contributed by atoms with Crippen LogP contribution in [0.15, 0.2) is 46.8 Å². The molecule has 0 spiro atoms. The predicted octanol–water partition coefficient (Wildman–Crippen LogP) is 6.29. The second kappa shape index (κ2) is 11.2. The van der Waals surface area contributed by atoms with E-state index in [1.54, 1.807) is 6.08 Å². The standard InChI is InChI=1S/C25H36O4/c1-4-5-6-7-8-9-17-29-24(28)25-16-15-22(26)23(27)21(25)14-13-20(18-25)12-10-11-19(2)3/h11,13,15-16,27H,4-10,12,14,17-18H2,1-3H3/t25-/m1/s1. The van der Waals surface area contributed by atoms with Gasteiger partial charge in [0.05, 0.1) is 6.61 Å². The summed E-state index contributed by atoms with van der Waals surface area (Å²) in [5.74, 6) is -1.06. The zero-order chi connectivity index (χ0) is 21.3. The van der Waals surface area contributed by atoms with Crippen molar-refractivity contribution < 1.29 is 19.4 Å². The Labute approximate surface area is 175 Å². The van der Waals surface area contributed by atoms with Crippen molar-refractivity contribution in [3.63, 3.8) is 0 Å². The van der Waals surface area contributed by atoms with Crippen LogP contribution in [-0.2, 0) is 14.3 Å². The molecule has 0 aromatic carbocycles. The van der Waals surface area contributed by atoms with Crippen LogP contribution in [0.3, 0.4) is 0 Å². The van der Waals surface area contributed by atoms with E-state index in [-0.39, 0.29) is 11.7 Å². The molecular weight excluding hydrogens is 364 g/mol. The molecule has 0 heterocycles. The van der Waals surface area contributed by atoms with Crippen molar-refractivity contribution >= 4 is 11.8 Å². The van der Waals surface area contributed by atoms with Gasteiger partial charge in [-0.1, -0.05) is 68.4 Å². The Kier molecular flexibility index (Phi) is 8.94. The minimum atomic E-state index is -1.03. The average molecular weight is 401 g/mol. The molecular formula is C25H36O4. The molecule has 1 N–H and O–H groups in total. The maximum atomic E-state index is 13.1. The number of carbonyl (C=O) groups excluding carboxylic acids is 2. The fourth-order valence-corrected chi connectivity index (χ4v) is 4.05. The number of fused-ring (bicyclic) bond motifs is 1. The molecule has 0 radical (unpaired) electrons. The molecule has 4 nitrogen and oxygen atoms in total. The van der Waals surface area contributed by atoms with Crippen molar-refractivity contribution in [2.75, 3.05) is 6.61 Å². The minimum Gasteiger partial charge on any atom is -0.504 e. The van der Waals surface area contributed by atoms with Crippen molar-refractivity contribution in [3.8, 4) is 0 Å². The number of hydrogen-bond donors (Lipinski definition) is 1. The molecule has 0 aromatic rings. The summed E-state index contributed by atoms with van der Waals surface area (Å²) in [4.78, 5) is 25.1. The largest absolute Gasteiger partial charge is 0.504 e. The van der Waals surface area contributed by atoms with Gasteiger partial charge in [0.25, 0.3) is 0 Å². The van der Waals surface area contributed by atoms with Crippen molar-refractivity contribution in [1.29, 1.82) is 0 Å². The maximum absolute atomic E-state index is 13.1. The highest BCUT2D eigenvalue weighted by Crippen LogP contribution is 2.47. The van der Waals surface area contributed by atoms with E-state index >= 15 is 0 Å². The highest BCUT2D eigenvalue weighted by Gasteiger charge is 2.47. The Morgan fingerprint density at radius 2 is 1.93 bits per heavy atom. The van der Waals surface area contributed by atoms with Crippen LogP contribution in [0.2, 0.25) is 0 Å². The number of aliphatic hydroxyl groups is 1. The van der Waals surface area contributed by atoms with Gasteiger partial charge in [0.1, 0.15) is 5.41 Å². The lowest BCUT2D eigenvalue weighted by atomic mass is 9.66. The van der Waals surface area contributed by atoms with E-state index < -0.39 is 11.2 Å². The van der Waals surface area contributed by atoms with Crippen LogP contribution in [0.1, 0.15) is 85.0 Å². The van der Waals surface area contributed by atoms with Gasteiger partial charge in [0.2, 0.25) is 5.78 Å². The number of allylic oxidation sites excluding steroid dienone is 5. The average Bonchev–Trinajstić information content (AvgIpc) is 2.69. The van der Waals surface area contributed by atoms with Gasteiger partial charge in [-0.3, -0.25) is 9.59 Å². The highest BCUT2D eigenvalue weighted by atomic mass is 16.5. The Morgan fingerprint density at radius 3 is 2.66 bits per heavy atom. The van der Waals surface area contributed by atoms with E-state index in [1.165, 1.54) is 36.5 Å². The second-order valence-corrected chi connectivity index (χ2v) is 8.46. The van der Waals surface area contributed by atoms with Gasteiger partial charge in [0, 0.05) is 5.57 Å². The molecule has 0 unspecified atom stereocenters. The van der Waals surface area contributed by atoms with E-state index in [0.717, 1.165) is 32.1 Å². The number of carbonyl (C=O) groups is 2. The van der Waals surface area contributed by atoms with Crippen molar-refractivity contribution in [2.24, 2.45) is 5.41 Å². The zero-order valence-electron chi connectivity index (χ0n) is 18.3. The maximum Gasteiger partial charge on any atom is 0.320 e. The molecule has 0 aromatic heterocycles. The van der Waals surface area contributed by atoms with E-state index in [1.807, 2.05) is 0 Å². The SMILES string of the molecule is CCCCCCCCOC(=O)[C@@]12C=CC(=O)C(O)=C1CC=C(CCC=C(C)C)C2. The topological polar surface area (TPSA) is 63.6 Å². The summed E-state index contributed by atoms with van der Waals surface area (Å²) in [6, 6.07) is 0. The molecule has 0 amide bonds. The van der Waals surface area contributed by atoms with Gasteiger partial charge in [-0.2, -0.15) is 0 Å². The smallest absolute Gasteiger partial charge is 0.320 e. The lowest BCUT2D eigenvalue weighted by Crippen LogP contribution is -2.39. The molecule has 0 fully saturated rings. The van der Waals surface area contributed by atoms with Gasteiger partial charge in [-0.15, -0.1) is 0 Å². The summed E-state index contributed by atoms with van der Waals surface area (Å²) in [6.07, 6.45) is 16.6. The molecule has 4 heteroatoms. The Bertz CT molecular complexity index is 719. The third kappa shape index (κ3) is 6.19. The first kappa shape index (κ1) is 23.2. The Morgan fingerprint density at radius 1 is 1.21 bits per heavy atom. The van der Waals surface area contributed by atoms with E-state index in [4.69, 9.17) is 4.74 Å². The van der Waals surface area contributed by atoms with Crippen molar-refractivity contribution in [2.45, 2.75) is 85.0 Å². The third-order valence-electron chi connectivity index (χ3n) is 5.79. The number of ketones is 1. The number of ether oxygens (including phenoxy) is 1. The molecule has 160 valence electrons. The van der Waals surface area contributed by atoms with Crippen LogP contribution >= 0.6 is 0 Å². The third-order valence-corrected chi connectivity index (χ3v) is 5.79. The van der Waals surface area contributed by atoms with Crippen LogP contribution in [0.5, 0.6) is 0 Å². The summed E-state index contributed by atoms with van der Waals surface area (Å²) in [6.45, 7) is 6.73. The van der Waals surface area contributed by atoms with Gasteiger partial charge >= 0.3 is 5.97 Å². The molecule has 2 rings (SSSR count). The highest BCUT2D eigenvalue weighted by molar-refractivity contribution is 6.06. The lowest BCUT2D eigenvalue weighted by molar-refractivity contribution is -0.151. The summed E-state index contributed by atoms with van der Waals surface area (Å²) in [5, 5.41) is 10.3. The predicted molar refractivity (Wildman–Crippen MR) is 117 cm³/mol. The molecule has 2 aliphatic rings. The first-order valence-electron chi connectivity index (χ1n) is 11.1. The fraction of sp³-hybridized carbons (Fsp3) is 0.600. The van der Waals surface area contributed by atoms with E-state index in [9.17, 15) is 14.7 Å². The number of unbranched alkanes of at least 4 members (excludes halogenated alkanes) is 5. The molecule has 0 saturated carbocycles. The van der Waals surface area contributed by atoms with Crippen LogP contribution in [0, 0.1) is 5.41 Å². The normalized spacial score (nSPS) is 20.9. The van der Waals surface area contributed by atoms with Crippen molar-refractivity contribution in [3.05, 3.63) is 46.8 Å². The van der Waals surface area contributed by atoms with Crippen LogP contribution < -0.4 is 0 Å². The number of esters is 1. The quantitative estimate of drug-likeness (QED) is 0.251. The van der Waals surface area contributed by atoms with E-state index in [0.29, 0.717) is 25.0 Å². The van der Waals surface area contributed by atoms with Gasteiger partial charge < -0.3 is 9.84 Å². The lowest BCUT2D eigenvalue weighted by Gasteiger charge is -2.37. The minimum absolute atomic E-state index is 0.288.